The molecule has 0 unspecified atom stereocenters. The van der Waals surface area contributed by atoms with Crippen molar-refractivity contribution in [1.82, 2.24) is 4.90 Å². The summed E-state index contributed by atoms with van der Waals surface area (Å²) in [6, 6.07) is 7.22. The largest absolute Gasteiger partial charge is 0.497 e. The van der Waals surface area contributed by atoms with Crippen molar-refractivity contribution in [3.8, 4) is 5.75 Å². The maximum absolute atomic E-state index is 12.0. The first-order valence-corrected chi connectivity index (χ1v) is 5.81. The third-order valence-electron chi connectivity index (χ3n) is 3.09. The van der Waals surface area contributed by atoms with E-state index in [2.05, 4.69) is 4.90 Å². The Morgan fingerprint density at radius 3 is 2.59 bits per heavy atom. The van der Waals surface area contributed by atoms with Crippen LogP contribution < -0.4 is 4.74 Å². The molecule has 3 nitrogen and oxygen atoms in total. The summed E-state index contributed by atoms with van der Waals surface area (Å²) in [6.07, 6.45) is 3.88. The molecule has 0 saturated carbocycles. The van der Waals surface area contributed by atoms with Crippen LogP contribution >= 0.6 is 0 Å². The molecule has 1 saturated heterocycles. The van der Waals surface area contributed by atoms with Crippen LogP contribution in [0.1, 0.15) is 23.2 Å². The van der Waals surface area contributed by atoms with Crippen molar-refractivity contribution in [2.45, 2.75) is 12.8 Å². The lowest BCUT2D eigenvalue weighted by atomic mass is 10.1. The van der Waals surface area contributed by atoms with Gasteiger partial charge in [-0.3, -0.25) is 4.79 Å². The molecular weight excluding hydrogens is 214 g/mol. The minimum absolute atomic E-state index is 0.0661. The lowest BCUT2D eigenvalue weighted by Gasteiger charge is -2.11. The Morgan fingerprint density at radius 2 is 2.06 bits per heavy atom. The monoisotopic (exact) mass is 231 g/mol. The lowest BCUT2D eigenvalue weighted by Crippen LogP contribution is -2.11. The van der Waals surface area contributed by atoms with Crippen molar-refractivity contribution in [2.75, 3.05) is 20.7 Å². The van der Waals surface area contributed by atoms with Gasteiger partial charge in [0.15, 0.2) is 5.78 Å². The van der Waals surface area contributed by atoms with E-state index in [1.807, 2.05) is 19.2 Å². The van der Waals surface area contributed by atoms with E-state index in [9.17, 15) is 4.79 Å². The highest BCUT2D eigenvalue weighted by Crippen LogP contribution is 2.20. The number of benzene rings is 1. The molecule has 2 rings (SSSR count). The second kappa shape index (κ2) is 5.04. The van der Waals surface area contributed by atoms with Gasteiger partial charge in [0.1, 0.15) is 5.75 Å². The minimum atomic E-state index is 0.0661. The van der Waals surface area contributed by atoms with Crippen LogP contribution in [0.4, 0.5) is 0 Å². The van der Waals surface area contributed by atoms with Crippen LogP contribution in [0, 0.1) is 0 Å². The highest BCUT2D eigenvalue weighted by atomic mass is 16.5. The minimum Gasteiger partial charge on any atom is -0.497 e. The molecule has 90 valence electrons. The summed E-state index contributed by atoms with van der Waals surface area (Å²) in [7, 11) is 3.65. The van der Waals surface area contributed by atoms with Gasteiger partial charge in [-0.15, -0.1) is 0 Å². The first-order valence-electron chi connectivity index (χ1n) is 5.81. The van der Waals surface area contributed by atoms with E-state index in [-0.39, 0.29) is 5.78 Å². The first kappa shape index (κ1) is 11.7. The van der Waals surface area contributed by atoms with Gasteiger partial charge in [0, 0.05) is 30.9 Å². The number of methoxy groups -OCH3 is 1. The zero-order chi connectivity index (χ0) is 12.3. The van der Waals surface area contributed by atoms with Crippen LogP contribution in [-0.4, -0.2) is 31.4 Å². The summed E-state index contributed by atoms with van der Waals surface area (Å²) in [5, 5.41) is 0. The molecule has 0 radical (unpaired) electrons. The first-order chi connectivity index (χ1) is 8.20. The SMILES string of the molecule is COc1ccc(C(=O)/C=C2\CCCN2C)cc1. The Balaban J connectivity index is 2.14. The van der Waals surface area contributed by atoms with Crippen molar-refractivity contribution in [1.29, 1.82) is 0 Å². The molecule has 1 aliphatic rings. The van der Waals surface area contributed by atoms with Crippen LogP contribution in [-0.2, 0) is 0 Å². The standard InChI is InChI=1S/C14H17NO2/c1-15-9-3-4-12(15)10-14(16)11-5-7-13(17-2)8-6-11/h5-8,10H,3-4,9H2,1-2H3/b12-10+. The quantitative estimate of drug-likeness (QED) is 0.591. The zero-order valence-corrected chi connectivity index (χ0v) is 10.3. The number of allylic oxidation sites excluding steroid dienone is 2. The third-order valence-corrected chi connectivity index (χ3v) is 3.09. The molecule has 1 aromatic rings. The predicted molar refractivity (Wildman–Crippen MR) is 67.3 cm³/mol. The smallest absolute Gasteiger partial charge is 0.187 e. The van der Waals surface area contributed by atoms with Gasteiger partial charge < -0.3 is 9.64 Å². The van der Waals surface area contributed by atoms with Gasteiger partial charge in [-0.1, -0.05) is 0 Å². The van der Waals surface area contributed by atoms with Gasteiger partial charge in [0.25, 0.3) is 0 Å². The Morgan fingerprint density at radius 1 is 1.35 bits per heavy atom. The Bertz CT molecular complexity index is 434. The summed E-state index contributed by atoms with van der Waals surface area (Å²) in [6.45, 7) is 1.04. The van der Waals surface area contributed by atoms with Gasteiger partial charge in [-0.25, -0.2) is 0 Å². The summed E-state index contributed by atoms with van der Waals surface area (Å²) in [5.41, 5.74) is 1.84. The topological polar surface area (TPSA) is 29.5 Å². The van der Waals surface area contributed by atoms with Crippen molar-refractivity contribution >= 4 is 5.78 Å². The van der Waals surface area contributed by atoms with E-state index in [1.165, 1.54) is 0 Å². The molecular formula is C14H17NO2. The number of rotatable bonds is 3. The maximum Gasteiger partial charge on any atom is 0.187 e. The van der Waals surface area contributed by atoms with E-state index >= 15 is 0 Å². The van der Waals surface area contributed by atoms with Crippen molar-refractivity contribution in [3.05, 3.63) is 41.6 Å². The number of ether oxygens (including phenoxy) is 1. The molecule has 0 aliphatic carbocycles. The van der Waals surface area contributed by atoms with Crippen LogP contribution in [0.15, 0.2) is 36.0 Å². The molecule has 3 heteroatoms. The van der Waals surface area contributed by atoms with E-state index in [4.69, 9.17) is 4.74 Å². The maximum atomic E-state index is 12.0. The number of nitrogens with zero attached hydrogens (tertiary/aromatic N) is 1. The number of hydrogen-bond donors (Lipinski definition) is 0. The van der Waals surface area contributed by atoms with E-state index in [1.54, 1.807) is 25.3 Å². The fourth-order valence-electron chi connectivity index (χ4n) is 2.00. The molecule has 0 bridgehead atoms. The number of carbonyl (C=O) groups excluding carboxylic acids is 1. The molecule has 1 fully saturated rings. The second-order valence-corrected chi connectivity index (χ2v) is 4.25. The number of ketones is 1. The fourth-order valence-corrected chi connectivity index (χ4v) is 2.00. The molecule has 0 N–H and O–H groups in total. The summed E-state index contributed by atoms with van der Waals surface area (Å²) in [5.74, 6) is 0.837. The van der Waals surface area contributed by atoms with Gasteiger partial charge in [-0.2, -0.15) is 0 Å². The summed E-state index contributed by atoms with van der Waals surface area (Å²) < 4.78 is 5.06. The van der Waals surface area contributed by atoms with Crippen LogP contribution in [0.5, 0.6) is 5.75 Å². The number of likely N-dealkylation sites (tertiary alicyclic amines) is 1. The average molecular weight is 231 g/mol. The van der Waals surface area contributed by atoms with Gasteiger partial charge in [0.05, 0.1) is 7.11 Å². The van der Waals surface area contributed by atoms with Crippen LogP contribution in [0.2, 0.25) is 0 Å². The zero-order valence-electron chi connectivity index (χ0n) is 10.3. The molecule has 0 atom stereocenters. The van der Waals surface area contributed by atoms with Gasteiger partial charge in [0.2, 0.25) is 0 Å². The number of carbonyl (C=O) groups is 1. The molecule has 1 heterocycles. The van der Waals surface area contributed by atoms with E-state index < -0.39 is 0 Å². The molecule has 1 aromatic carbocycles. The highest BCUT2D eigenvalue weighted by molar-refractivity contribution is 6.04. The van der Waals surface area contributed by atoms with E-state index in [0.717, 1.165) is 30.8 Å². The van der Waals surface area contributed by atoms with Gasteiger partial charge in [-0.05, 0) is 37.1 Å². The Hall–Kier alpha value is -1.77. The van der Waals surface area contributed by atoms with Gasteiger partial charge >= 0.3 is 0 Å². The highest BCUT2D eigenvalue weighted by Gasteiger charge is 2.14. The molecule has 0 amide bonds. The normalized spacial score (nSPS) is 17.5. The lowest BCUT2D eigenvalue weighted by molar-refractivity contribution is 0.104. The van der Waals surface area contributed by atoms with Crippen molar-refractivity contribution in [3.63, 3.8) is 0 Å². The van der Waals surface area contributed by atoms with Crippen LogP contribution in [0.3, 0.4) is 0 Å². The number of hydrogen-bond acceptors (Lipinski definition) is 3. The van der Waals surface area contributed by atoms with Crippen molar-refractivity contribution < 1.29 is 9.53 Å². The molecule has 1 aliphatic heterocycles. The summed E-state index contributed by atoms with van der Waals surface area (Å²) in [4.78, 5) is 14.1. The molecule has 17 heavy (non-hydrogen) atoms. The molecule has 0 spiro atoms. The van der Waals surface area contributed by atoms with E-state index in [0.29, 0.717) is 5.56 Å². The fraction of sp³-hybridized carbons (Fsp3) is 0.357. The summed E-state index contributed by atoms with van der Waals surface area (Å²) >= 11 is 0. The second-order valence-electron chi connectivity index (χ2n) is 4.25. The average Bonchev–Trinajstić information content (AvgIpc) is 2.75. The molecule has 0 aromatic heterocycles. The predicted octanol–water partition coefficient (Wildman–Crippen LogP) is 2.49. The Kier molecular flexibility index (Phi) is 3.47. The third kappa shape index (κ3) is 2.67. The van der Waals surface area contributed by atoms with Crippen molar-refractivity contribution in [2.24, 2.45) is 0 Å². The Labute approximate surface area is 102 Å². The van der Waals surface area contributed by atoms with Crippen LogP contribution in [0.25, 0.3) is 0 Å².